The minimum atomic E-state index is -3.74. The highest BCUT2D eigenvalue weighted by Gasteiger charge is 2.30. The molecule has 0 bridgehead atoms. The molecule has 0 radical (unpaired) electrons. The summed E-state index contributed by atoms with van der Waals surface area (Å²) in [7, 11) is -2.22. The van der Waals surface area contributed by atoms with Crippen LogP contribution in [0.25, 0.3) is 0 Å². The predicted octanol–water partition coefficient (Wildman–Crippen LogP) is 2.26. The van der Waals surface area contributed by atoms with Crippen LogP contribution in [0.4, 0.5) is 11.4 Å². The van der Waals surface area contributed by atoms with Crippen molar-refractivity contribution in [3.05, 3.63) is 42.5 Å². The number of sulfonamides is 1. The molecule has 0 aliphatic carbocycles. The first-order valence-corrected chi connectivity index (χ1v) is 10.5. The zero-order valence-corrected chi connectivity index (χ0v) is 16.7. The van der Waals surface area contributed by atoms with Crippen LogP contribution in [0.5, 0.6) is 17.2 Å². The van der Waals surface area contributed by atoms with E-state index in [-0.39, 0.29) is 0 Å². The predicted molar refractivity (Wildman–Crippen MR) is 106 cm³/mol. The average Bonchev–Trinajstić information content (AvgIpc) is 2.67. The number of carbonyl (C=O) groups excluding carboxylic acids is 1. The number of benzene rings is 2. The van der Waals surface area contributed by atoms with Crippen LogP contribution in [0.15, 0.2) is 42.5 Å². The molecule has 8 nitrogen and oxygen atoms in total. The van der Waals surface area contributed by atoms with Gasteiger partial charge in [-0.3, -0.25) is 9.10 Å². The Morgan fingerprint density at radius 3 is 2.54 bits per heavy atom. The summed E-state index contributed by atoms with van der Waals surface area (Å²) < 4.78 is 42.1. The van der Waals surface area contributed by atoms with Crippen molar-refractivity contribution in [1.29, 1.82) is 0 Å². The number of ether oxygens (including phenoxy) is 3. The van der Waals surface area contributed by atoms with Crippen molar-refractivity contribution in [3.8, 4) is 17.2 Å². The number of amides is 1. The van der Waals surface area contributed by atoms with Crippen LogP contribution in [-0.4, -0.2) is 46.9 Å². The Balaban J connectivity index is 1.88. The van der Waals surface area contributed by atoms with Crippen molar-refractivity contribution in [2.75, 3.05) is 36.2 Å². The van der Waals surface area contributed by atoms with Crippen LogP contribution in [-0.2, 0) is 14.8 Å². The Labute approximate surface area is 164 Å². The van der Waals surface area contributed by atoms with Gasteiger partial charge in [-0.2, -0.15) is 0 Å². The Bertz CT molecular complexity index is 976. The molecule has 0 unspecified atom stereocenters. The van der Waals surface area contributed by atoms with Gasteiger partial charge < -0.3 is 19.5 Å². The van der Waals surface area contributed by atoms with Crippen molar-refractivity contribution in [2.45, 2.75) is 13.0 Å². The van der Waals surface area contributed by atoms with Gasteiger partial charge in [0, 0.05) is 17.8 Å². The van der Waals surface area contributed by atoms with Crippen LogP contribution in [0.2, 0.25) is 0 Å². The normalized spacial score (nSPS) is 14.1. The van der Waals surface area contributed by atoms with Gasteiger partial charge in [-0.05, 0) is 31.2 Å². The van der Waals surface area contributed by atoms with E-state index >= 15 is 0 Å². The summed E-state index contributed by atoms with van der Waals surface area (Å²) in [6.07, 6.45) is 1.05. The molecule has 150 valence electrons. The summed E-state index contributed by atoms with van der Waals surface area (Å²) in [5.74, 6) is 1.08. The third-order valence-corrected chi connectivity index (χ3v) is 5.45. The van der Waals surface area contributed by atoms with E-state index in [0.717, 1.165) is 10.6 Å². The number of methoxy groups -OCH3 is 1. The van der Waals surface area contributed by atoms with E-state index in [9.17, 15) is 13.2 Å². The number of rotatable bonds is 6. The van der Waals surface area contributed by atoms with E-state index < -0.39 is 22.0 Å². The minimum absolute atomic E-state index is 0.319. The molecule has 1 amide bonds. The zero-order valence-electron chi connectivity index (χ0n) is 15.8. The smallest absolute Gasteiger partial charge is 0.247 e. The first kappa shape index (κ1) is 19.8. The molecule has 2 aromatic carbocycles. The van der Waals surface area contributed by atoms with Gasteiger partial charge in [0.15, 0.2) is 11.5 Å². The van der Waals surface area contributed by atoms with Crippen LogP contribution in [0.3, 0.4) is 0 Å². The van der Waals surface area contributed by atoms with Crippen molar-refractivity contribution in [1.82, 2.24) is 0 Å². The first-order chi connectivity index (χ1) is 13.3. The van der Waals surface area contributed by atoms with E-state index in [4.69, 9.17) is 14.2 Å². The summed E-state index contributed by atoms with van der Waals surface area (Å²) in [4.78, 5) is 12.7. The number of hydrogen-bond acceptors (Lipinski definition) is 6. The number of fused-ring (bicyclic) bond motifs is 1. The highest BCUT2D eigenvalue weighted by atomic mass is 32.2. The molecule has 1 N–H and O–H groups in total. The minimum Gasteiger partial charge on any atom is -0.497 e. The highest BCUT2D eigenvalue weighted by Crippen LogP contribution is 2.35. The number of nitrogens with zero attached hydrogens (tertiary/aromatic N) is 1. The molecule has 2 aromatic rings. The summed E-state index contributed by atoms with van der Waals surface area (Å²) in [6.45, 7) is 2.33. The van der Waals surface area contributed by atoms with Crippen molar-refractivity contribution in [2.24, 2.45) is 0 Å². The fourth-order valence-electron chi connectivity index (χ4n) is 2.93. The molecule has 0 spiro atoms. The van der Waals surface area contributed by atoms with E-state index in [1.54, 1.807) is 42.5 Å². The summed E-state index contributed by atoms with van der Waals surface area (Å²) >= 11 is 0. The van der Waals surface area contributed by atoms with Gasteiger partial charge in [0.2, 0.25) is 15.9 Å². The molecule has 1 aliphatic rings. The Kier molecular flexibility index (Phi) is 5.64. The molecule has 3 rings (SSSR count). The zero-order chi connectivity index (χ0) is 20.3. The highest BCUT2D eigenvalue weighted by molar-refractivity contribution is 7.92. The summed E-state index contributed by atoms with van der Waals surface area (Å²) in [5, 5.41) is 2.72. The lowest BCUT2D eigenvalue weighted by Gasteiger charge is -2.29. The maximum Gasteiger partial charge on any atom is 0.247 e. The Morgan fingerprint density at radius 2 is 1.86 bits per heavy atom. The number of carbonyl (C=O) groups is 1. The van der Waals surface area contributed by atoms with Gasteiger partial charge in [-0.1, -0.05) is 6.07 Å². The molecular weight excluding hydrogens is 384 g/mol. The molecule has 0 fully saturated rings. The lowest BCUT2D eigenvalue weighted by molar-refractivity contribution is -0.116. The lowest BCUT2D eigenvalue weighted by atomic mass is 10.2. The molecule has 1 aliphatic heterocycles. The van der Waals surface area contributed by atoms with Crippen molar-refractivity contribution < 1.29 is 27.4 Å². The second-order valence-electron chi connectivity index (χ2n) is 6.28. The van der Waals surface area contributed by atoms with E-state index in [2.05, 4.69) is 5.32 Å². The van der Waals surface area contributed by atoms with Gasteiger partial charge in [-0.15, -0.1) is 0 Å². The number of nitrogens with one attached hydrogen (secondary N) is 1. The van der Waals surface area contributed by atoms with Crippen LogP contribution in [0.1, 0.15) is 6.92 Å². The van der Waals surface area contributed by atoms with Gasteiger partial charge in [0.25, 0.3) is 0 Å². The SMILES string of the molecule is COc1cccc(NC(=O)[C@H](C)N(c2ccc3c(c2)OCCO3)S(C)(=O)=O)c1. The molecule has 0 aromatic heterocycles. The van der Waals surface area contributed by atoms with E-state index in [1.165, 1.54) is 14.0 Å². The number of hydrogen-bond donors (Lipinski definition) is 1. The largest absolute Gasteiger partial charge is 0.497 e. The second kappa shape index (κ2) is 7.97. The molecule has 9 heteroatoms. The third-order valence-electron chi connectivity index (χ3n) is 4.21. The maximum absolute atomic E-state index is 12.7. The lowest BCUT2D eigenvalue weighted by Crippen LogP contribution is -2.45. The van der Waals surface area contributed by atoms with E-state index in [1.807, 2.05) is 0 Å². The third kappa shape index (κ3) is 4.30. The van der Waals surface area contributed by atoms with Crippen LogP contribution < -0.4 is 23.8 Å². The average molecular weight is 406 g/mol. The quantitative estimate of drug-likeness (QED) is 0.791. The maximum atomic E-state index is 12.7. The van der Waals surface area contributed by atoms with Crippen molar-refractivity contribution >= 4 is 27.3 Å². The summed E-state index contributed by atoms with van der Waals surface area (Å²) in [6, 6.07) is 10.6. The van der Waals surface area contributed by atoms with Crippen LogP contribution in [0, 0.1) is 0 Å². The topological polar surface area (TPSA) is 94.2 Å². The number of anilines is 2. The second-order valence-corrected chi connectivity index (χ2v) is 8.14. The fraction of sp³-hybridized carbons (Fsp3) is 0.316. The fourth-order valence-corrected chi connectivity index (χ4v) is 4.09. The molecule has 28 heavy (non-hydrogen) atoms. The summed E-state index contributed by atoms with van der Waals surface area (Å²) in [5.41, 5.74) is 0.826. The van der Waals surface area contributed by atoms with Gasteiger partial charge in [0.05, 0.1) is 19.1 Å². The Morgan fingerprint density at radius 1 is 1.14 bits per heavy atom. The standard InChI is InChI=1S/C19H22N2O6S/c1-13(19(22)20-14-5-4-6-16(11-14)25-2)21(28(3,23)24)15-7-8-17-18(12-15)27-10-9-26-17/h4-8,11-13H,9-10H2,1-3H3,(H,20,22)/t13-/m0/s1. The molecule has 1 heterocycles. The first-order valence-electron chi connectivity index (χ1n) is 8.63. The van der Waals surface area contributed by atoms with Gasteiger partial charge in [-0.25, -0.2) is 8.42 Å². The molecule has 1 atom stereocenters. The monoisotopic (exact) mass is 406 g/mol. The van der Waals surface area contributed by atoms with Gasteiger partial charge >= 0.3 is 0 Å². The molecule has 0 saturated carbocycles. The van der Waals surface area contributed by atoms with Crippen molar-refractivity contribution in [3.63, 3.8) is 0 Å². The van der Waals surface area contributed by atoms with E-state index in [0.29, 0.717) is 41.8 Å². The van der Waals surface area contributed by atoms with Gasteiger partial charge in [0.1, 0.15) is 25.0 Å². The molecule has 0 saturated heterocycles. The van der Waals surface area contributed by atoms with Crippen LogP contribution >= 0.6 is 0 Å². The molecular formula is C19H22N2O6S. The Hall–Kier alpha value is -2.94.